The number of fused-ring (bicyclic) bond motifs is 5. The van der Waals surface area contributed by atoms with Crippen molar-refractivity contribution in [2.75, 3.05) is 0 Å². The first-order valence-electron chi connectivity index (χ1n) is 10.1. The molecule has 1 aliphatic heterocycles. The van der Waals surface area contributed by atoms with Gasteiger partial charge in [-0.05, 0) is 48.1 Å². The van der Waals surface area contributed by atoms with Crippen LogP contribution in [-0.4, -0.2) is 23.0 Å². The van der Waals surface area contributed by atoms with Crippen molar-refractivity contribution in [2.45, 2.75) is 13.0 Å². The summed E-state index contributed by atoms with van der Waals surface area (Å²) in [6.07, 6.45) is 6.46. The lowest BCUT2D eigenvalue weighted by molar-refractivity contribution is -0.140. The summed E-state index contributed by atoms with van der Waals surface area (Å²) in [5.41, 5.74) is 1.97. The highest BCUT2D eigenvalue weighted by atomic mass is 35.5. The van der Waals surface area contributed by atoms with Crippen LogP contribution in [0.15, 0.2) is 59.7 Å². The van der Waals surface area contributed by atoms with Gasteiger partial charge in [0.05, 0.1) is 34.7 Å². The molecule has 2 bridgehead atoms. The predicted octanol–water partition coefficient (Wildman–Crippen LogP) is 3.93. The zero-order chi connectivity index (χ0) is 21.5. The van der Waals surface area contributed by atoms with Gasteiger partial charge in [0, 0.05) is 5.56 Å². The molecule has 0 spiro atoms. The first-order valence-corrected chi connectivity index (χ1v) is 10.4. The second kappa shape index (κ2) is 7.68. The lowest BCUT2D eigenvalue weighted by Gasteiger charge is -2.13. The Morgan fingerprint density at radius 2 is 1.84 bits per heavy atom. The van der Waals surface area contributed by atoms with Crippen molar-refractivity contribution < 1.29 is 14.3 Å². The maximum Gasteiger partial charge on any atom is 0.254 e. The van der Waals surface area contributed by atoms with Crippen LogP contribution >= 0.6 is 11.6 Å². The summed E-state index contributed by atoms with van der Waals surface area (Å²) in [6, 6.07) is 14.4. The average Bonchev–Trinajstić information content (AvgIpc) is 3.46. The van der Waals surface area contributed by atoms with Crippen LogP contribution in [0.2, 0.25) is 5.02 Å². The highest BCUT2D eigenvalue weighted by Gasteiger charge is 2.59. The van der Waals surface area contributed by atoms with Gasteiger partial charge in [0.2, 0.25) is 0 Å². The molecule has 0 unspecified atom stereocenters. The maximum absolute atomic E-state index is 12.7. The van der Waals surface area contributed by atoms with E-state index < -0.39 is 0 Å². The molecule has 2 amide bonds. The molecule has 3 aliphatic rings. The van der Waals surface area contributed by atoms with Crippen molar-refractivity contribution in [2.24, 2.45) is 28.8 Å². The fourth-order valence-corrected chi connectivity index (χ4v) is 4.99. The summed E-state index contributed by atoms with van der Waals surface area (Å²) >= 11 is 6.34. The number of imide groups is 1. The minimum atomic E-state index is -0.268. The highest BCUT2D eigenvalue weighted by Crippen LogP contribution is 2.52. The number of carbonyl (C=O) groups excluding carboxylic acids is 2. The molecule has 0 aromatic heterocycles. The topological polar surface area (TPSA) is 82.8 Å². The van der Waals surface area contributed by atoms with E-state index in [9.17, 15) is 14.9 Å². The number of nitrogens with zero attached hydrogens (tertiary/aromatic N) is 3. The molecule has 2 aliphatic carbocycles. The van der Waals surface area contributed by atoms with E-state index in [1.807, 2.05) is 12.1 Å². The Balaban J connectivity index is 1.27. The van der Waals surface area contributed by atoms with E-state index in [1.54, 1.807) is 30.3 Å². The summed E-state index contributed by atoms with van der Waals surface area (Å²) in [5.74, 6) is -0.189. The van der Waals surface area contributed by atoms with Crippen LogP contribution in [0.1, 0.15) is 23.1 Å². The predicted molar refractivity (Wildman–Crippen MR) is 114 cm³/mol. The minimum absolute atomic E-state index is 0.156. The number of hydrogen-bond donors (Lipinski definition) is 0. The first-order chi connectivity index (χ1) is 15.1. The van der Waals surface area contributed by atoms with Crippen LogP contribution in [0.5, 0.6) is 5.75 Å². The van der Waals surface area contributed by atoms with Crippen molar-refractivity contribution >= 4 is 29.6 Å². The van der Waals surface area contributed by atoms with Crippen LogP contribution in [0.4, 0.5) is 0 Å². The Labute approximate surface area is 184 Å². The Morgan fingerprint density at radius 3 is 2.52 bits per heavy atom. The van der Waals surface area contributed by atoms with E-state index >= 15 is 0 Å². The second-order valence-electron chi connectivity index (χ2n) is 7.98. The van der Waals surface area contributed by atoms with Crippen LogP contribution in [-0.2, 0) is 16.2 Å². The molecule has 7 heteroatoms. The molecule has 2 fully saturated rings. The van der Waals surface area contributed by atoms with E-state index in [4.69, 9.17) is 16.3 Å². The summed E-state index contributed by atoms with van der Waals surface area (Å²) in [4.78, 5) is 25.4. The zero-order valence-corrected chi connectivity index (χ0v) is 17.2. The first kappa shape index (κ1) is 19.5. The molecular formula is C24H18ClN3O3. The smallest absolute Gasteiger partial charge is 0.254 e. The van der Waals surface area contributed by atoms with E-state index in [1.165, 1.54) is 6.21 Å². The van der Waals surface area contributed by atoms with Crippen molar-refractivity contribution in [1.82, 2.24) is 5.01 Å². The van der Waals surface area contributed by atoms with Crippen LogP contribution in [0, 0.1) is 35.0 Å². The molecule has 31 heavy (non-hydrogen) atoms. The Bertz CT molecular complexity index is 1150. The Hall–Kier alpha value is -3.43. The van der Waals surface area contributed by atoms with Gasteiger partial charge in [0.15, 0.2) is 0 Å². The number of halogens is 1. The largest absolute Gasteiger partial charge is 0.487 e. The molecule has 0 radical (unpaired) electrons. The van der Waals surface area contributed by atoms with Crippen LogP contribution < -0.4 is 4.74 Å². The molecule has 154 valence electrons. The van der Waals surface area contributed by atoms with Gasteiger partial charge in [-0.2, -0.15) is 15.4 Å². The molecular weight excluding hydrogens is 414 g/mol. The molecule has 6 nitrogen and oxygen atoms in total. The van der Waals surface area contributed by atoms with Crippen molar-refractivity contribution in [3.63, 3.8) is 0 Å². The number of benzene rings is 2. The SMILES string of the molecule is N#Cc1ccccc1COc1ccc(C=NN2C(=O)[C@@H]3[C@H](C2=O)[C@H]2C=C[C@H]3C2)cc1Cl. The molecule has 0 N–H and O–H groups in total. The summed E-state index contributed by atoms with van der Waals surface area (Å²) in [7, 11) is 0. The van der Waals surface area contributed by atoms with Crippen molar-refractivity contribution in [1.29, 1.82) is 5.26 Å². The highest BCUT2D eigenvalue weighted by molar-refractivity contribution is 6.32. The van der Waals surface area contributed by atoms with Gasteiger partial charge in [-0.15, -0.1) is 0 Å². The van der Waals surface area contributed by atoms with Gasteiger partial charge in [-0.3, -0.25) is 9.59 Å². The van der Waals surface area contributed by atoms with Crippen molar-refractivity contribution in [3.8, 4) is 11.8 Å². The Kier molecular flexibility index (Phi) is 4.84. The summed E-state index contributed by atoms with van der Waals surface area (Å²) < 4.78 is 5.76. The number of nitriles is 1. The number of rotatable bonds is 5. The van der Waals surface area contributed by atoms with Gasteiger partial charge in [-0.1, -0.05) is 42.0 Å². The monoisotopic (exact) mass is 431 g/mol. The number of hydrazone groups is 1. The second-order valence-corrected chi connectivity index (χ2v) is 8.39. The molecule has 1 heterocycles. The van der Waals surface area contributed by atoms with E-state index in [-0.39, 0.29) is 42.1 Å². The normalized spacial score (nSPS) is 26.0. The lowest BCUT2D eigenvalue weighted by atomic mass is 9.85. The molecule has 4 atom stereocenters. The Morgan fingerprint density at radius 1 is 1.13 bits per heavy atom. The van der Waals surface area contributed by atoms with Crippen LogP contribution in [0.3, 0.4) is 0 Å². The van der Waals surface area contributed by atoms with E-state index in [0.717, 1.165) is 17.0 Å². The van der Waals surface area contributed by atoms with Gasteiger partial charge < -0.3 is 4.74 Å². The third kappa shape index (κ3) is 3.31. The molecule has 1 saturated heterocycles. The third-order valence-corrected chi connectivity index (χ3v) is 6.54. The van der Waals surface area contributed by atoms with E-state index in [0.29, 0.717) is 21.9 Å². The van der Waals surface area contributed by atoms with Gasteiger partial charge in [0.1, 0.15) is 12.4 Å². The van der Waals surface area contributed by atoms with Crippen molar-refractivity contribution in [3.05, 3.63) is 76.3 Å². The fourth-order valence-electron chi connectivity index (χ4n) is 4.75. The minimum Gasteiger partial charge on any atom is -0.487 e. The maximum atomic E-state index is 12.7. The third-order valence-electron chi connectivity index (χ3n) is 6.25. The standard InChI is InChI=1S/C24H18ClN3O3/c25-19-9-14(5-8-20(19)31-13-18-4-2-1-3-17(18)11-26)12-27-28-23(29)21-15-6-7-16(10-15)22(21)24(28)30/h1-9,12,15-16,21-22H,10,13H2/t15-,16-,21-,22+/m0/s1. The molecule has 2 aromatic rings. The lowest BCUT2D eigenvalue weighted by Crippen LogP contribution is -2.28. The summed E-state index contributed by atoms with van der Waals surface area (Å²) in [5, 5.41) is 14.7. The zero-order valence-electron chi connectivity index (χ0n) is 16.4. The van der Waals surface area contributed by atoms with Gasteiger partial charge in [0.25, 0.3) is 11.8 Å². The number of allylic oxidation sites excluding steroid dienone is 2. The number of ether oxygens (including phenoxy) is 1. The molecule has 5 rings (SSSR count). The van der Waals surface area contributed by atoms with Crippen LogP contribution in [0.25, 0.3) is 0 Å². The fraction of sp³-hybridized carbons (Fsp3) is 0.250. The average molecular weight is 432 g/mol. The number of amides is 2. The van der Waals surface area contributed by atoms with E-state index in [2.05, 4.69) is 23.3 Å². The number of hydrogen-bond acceptors (Lipinski definition) is 5. The molecule has 2 aromatic carbocycles. The van der Waals surface area contributed by atoms with Gasteiger partial charge >= 0.3 is 0 Å². The quantitative estimate of drug-likeness (QED) is 0.408. The number of carbonyl (C=O) groups is 2. The molecule has 1 saturated carbocycles. The van der Waals surface area contributed by atoms with Gasteiger partial charge in [-0.25, -0.2) is 0 Å². The summed E-state index contributed by atoms with van der Waals surface area (Å²) in [6.45, 7) is 0.215.